The van der Waals surface area contributed by atoms with Crippen molar-refractivity contribution in [1.29, 1.82) is 0 Å². The van der Waals surface area contributed by atoms with Gasteiger partial charge in [0.2, 0.25) is 5.91 Å². The maximum absolute atomic E-state index is 13.3. The number of carbonyl (C=O) groups excluding carboxylic acids is 2. The molecule has 0 unspecified atom stereocenters. The first-order chi connectivity index (χ1) is 12.0. The third-order valence-electron chi connectivity index (χ3n) is 4.54. The minimum Gasteiger partial charge on any atom is -0.347 e. The van der Waals surface area contributed by atoms with Crippen LogP contribution in [0.3, 0.4) is 0 Å². The van der Waals surface area contributed by atoms with E-state index in [1.54, 1.807) is 32.6 Å². The molecule has 1 aliphatic rings. The third kappa shape index (κ3) is 4.07. The summed E-state index contributed by atoms with van der Waals surface area (Å²) in [6.45, 7) is 2.27. The Hall–Kier alpha value is -2.63. The fourth-order valence-electron chi connectivity index (χ4n) is 3.15. The highest BCUT2D eigenvalue weighted by atomic mass is 19.1. The van der Waals surface area contributed by atoms with Crippen molar-refractivity contribution in [3.63, 3.8) is 0 Å². The highest BCUT2D eigenvalue weighted by molar-refractivity contribution is 5.92. The Bertz CT molecular complexity index is 772. The molecule has 1 aromatic carbocycles. The van der Waals surface area contributed by atoms with Crippen molar-refractivity contribution in [1.82, 2.24) is 14.4 Å². The van der Waals surface area contributed by atoms with E-state index in [1.165, 1.54) is 12.1 Å². The zero-order valence-corrected chi connectivity index (χ0v) is 14.3. The molecule has 25 heavy (non-hydrogen) atoms. The molecule has 1 saturated heterocycles. The first kappa shape index (κ1) is 17.2. The number of carbonyl (C=O) groups is 2. The number of amides is 2. The second-order valence-electron chi connectivity index (χ2n) is 6.34. The Balaban J connectivity index is 1.60. The van der Waals surface area contributed by atoms with Crippen molar-refractivity contribution in [2.75, 3.05) is 26.2 Å². The molecule has 3 rings (SSSR count). The van der Waals surface area contributed by atoms with Crippen LogP contribution in [0.15, 0.2) is 42.6 Å². The van der Waals surface area contributed by atoms with Crippen LogP contribution >= 0.6 is 0 Å². The molecule has 0 bridgehead atoms. The highest BCUT2D eigenvalue weighted by Gasteiger charge is 2.23. The average molecular weight is 343 g/mol. The van der Waals surface area contributed by atoms with E-state index in [-0.39, 0.29) is 24.1 Å². The van der Waals surface area contributed by atoms with Gasteiger partial charge in [-0.3, -0.25) is 9.59 Å². The second kappa shape index (κ2) is 7.51. The first-order valence-corrected chi connectivity index (χ1v) is 8.47. The molecular formula is C19H22FN3O2. The topological polar surface area (TPSA) is 45.6 Å². The summed E-state index contributed by atoms with van der Waals surface area (Å²) < 4.78 is 15.1. The summed E-state index contributed by atoms with van der Waals surface area (Å²) in [5.41, 5.74) is 1.32. The van der Waals surface area contributed by atoms with Crippen molar-refractivity contribution < 1.29 is 14.0 Å². The highest BCUT2D eigenvalue weighted by Crippen LogP contribution is 2.12. The average Bonchev–Trinajstić information content (AvgIpc) is 2.86. The number of aromatic nitrogens is 1. The largest absolute Gasteiger partial charge is 0.347 e. The lowest BCUT2D eigenvalue weighted by Crippen LogP contribution is -2.38. The number of hydrogen-bond donors (Lipinski definition) is 0. The smallest absolute Gasteiger partial charge is 0.270 e. The Kier molecular flexibility index (Phi) is 5.16. The number of halogens is 1. The van der Waals surface area contributed by atoms with E-state index >= 15 is 0 Å². The minimum absolute atomic E-state index is 0.00747. The predicted molar refractivity (Wildman–Crippen MR) is 92.6 cm³/mol. The molecule has 0 aliphatic carbocycles. The standard InChI is InChI=1S/C19H22FN3O2/c1-21-8-3-7-17(21)19(25)23-10-4-9-22(11-12-23)18(24)14-15-5-2-6-16(20)13-15/h2-3,5-8,13H,4,9-12,14H2,1H3. The van der Waals surface area contributed by atoms with Crippen molar-refractivity contribution in [2.24, 2.45) is 7.05 Å². The minimum atomic E-state index is -0.333. The second-order valence-corrected chi connectivity index (χ2v) is 6.34. The van der Waals surface area contributed by atoms with Gasteiger partial charge in [0.25, 0.3) is 5.91 Å². The van der Waals surface area contributed by atoms with Crippen LogP contribution in [0.4, 0.5) is 4.39 Å². The predicted octanol–water partition coefficient (Wildman–Crippen LogP) is 2.08. The summed E-state index contributed by atoms with van der Waals surface area (Å²) in [5.74, 6) is -0.369. The zero-order chi connectivity index (χ0) is 17.8. The van der Waals surface area contributed by atoms with E-state index in [4.69, 9.17) is 0 Å². The molecule has 0 radical (unpaired) electrons. The quantitative estimate of drug-likeness (QED) is 0.857. The van der Waals surface area contributed by atoms with E-state index < -0.39 is 0 Å². The van der Waals surface area contributed by atoms with Gasteiger partial charge >= 0.3 is 0 Å². The summed E-state index contributed by atoms with van der Waals surface area (Å²) in [5, 5.41) is 0. The monoisotopic (exact) mass is 343 g/mol. The molecular weight excluding hydrogens is 321 g/mol. The van der Waals surface area contributed by atoms with Gasteiger partial charge in [0, 0.05) is 39.4 Å². The van der Waals surface area contributed by atoms with Crippen LogP contribution in [0, 0.1) is 5.82 Å². The molecule has 0 spiro atoms. The lowest BCUT2D eigenvalue weighted by atomic mass is 10.1. The van der Waals surface area contributed by atoms with Crippen LogP contribution in [-0.4, -0.2) is 52.4 Å². The SMILES string of the molecule is Cn1cccc1C(=O)N1CCCN(C(=O)Cc2cccc(F)c2)CC1. The normalized spacial score (nSPS) is 15.1. The first-order valence-electron chi connectivity index (χ1n) is 8.47. The van der Waals surface area contributed by atoms with Gasteiger partial charge < -0.3 is 14.4 Å². The van der Waals surface area contributed by atoms with Crippen LogP contribution in [0.5, 0.6) is 0 Å². The fraction of sp³-hybridized carbons (Fsp3) is 0.368. The lowest BCUT2D eigenvalue weighted by molar-refractivity contribution is -0.130. The molecule has 2 heterocycles. The number of nitrogens with zero attached hydrogens (tertiary/aromatic N) is 3. The van der Waals surface area contributed by atoms with Gasteiger partial charge in [0.05, 0.1) is 6.42 Å². The summed E-state index contributed by atoms with van der Waals surface area (Å²) >= 11 is 0. The van der Waals surface area contributed by atoms with Crippen molar-refractivity contribution in [2.45, 2.75) is 12.8 Å². The van der Waals surface area contributed by atoms with E-state index in [2.05, 4.69) is 0 Å². The Labute approximate surface area is 146 Å². The third-order valence-corrected chi connectivity index (χ3v) is 4.54. The van der Waals surface area contributed by atoms with Gasteiger partial charge in [-0.2, -0.15) is 0 Å². The maximum atomic E-state index is 13.3. The van der Waals surface area contributed by atoms with Crippen LogP contribution in [0.2, 0.25) is 0 Å². The van der Waals surface area contributed by atoms with Gasteiger partial charge in [0.1, 0.15) is 11.5 Å². The van der Waals surface area contributed by atoms with E-state index in [0.29, 0.717) is 37.4 Å². The Morgan fingerprint density at radius 3 is 2.52 bits per heavy atom. The molecule has 0 atom stereocenters. The number of aryl methyl sites for hydroxylation is 1. The van der Waals surface area contributed by atoms with Gasteiger partial charge in [-0.05, 0) is 36.2 Å². The number of rotatable bonds is 3. The maximum Gasteiger partial charge on any atom is 0.270 e. The molecule has 2 amide bonds. The van der Waals surface area contributed by atoms with Crippen molar-refractivity contribution >= 4 is 11.8 Å². The summed E-state index contributed by atoms with van der Waals surface area (Å²) in [6.07, 6.45) is 2.77. The zero-order valence-electron chi connectivity index (χ0n) is 14.3. The Morgan fingerprint density at radius 2 is 1.80 bits per heavy atom. The lowest BCUT2D eigenvalue weighted by Gasteiger charge is -2.22. The van der Waals surface area contributed by atoms with E-state index in [9.17, 15) is 14.0 Å². The van der Waals surface area contributed by atoms with Gasteiger partial charge in [-0.1, -0.05) is 12.1 Å². The van der Waals surface area contributed by atoms with E-state index in [1.807, 2.05) is 19.3 Å². The molecule has 0 N–H and O–H groups in total. The molecule has 1 fully saturated rings. The number of benzene rings is 1. The molecule has 1 aliphatic heterocycles. The van der Waals surface area contributed by atoms with E-state index in [0.717, 1.165) is 6.42 Å². The van der Waals surface area contributed by atoms with Crippen LogP contribution in [-0.2, 0) is 18.3 Å². The Morgan fingerprint density at radius 1 is 1.04 bits per heavy atom. The number of hydrogen-bond acceptors (Lipinski definition) is 2. The van der Waals surface area contributed by atoms with Gasteiger partial charge in [-0.15, -0.1) is 0 Å². The summed E-state index contributed by atoms with van der Waals surface area (Å²) in [6, 6.07) is 9.78. The van der Waals surface area contributed by atoms with Crippen molar-refractivity contribution in [3.8, 4) is 0 Å². The summed E-state index contributed by atoms with van der Waals surface area (Å²) in [4.78, 5) is 28.6. The van der Waals surface area contributed by atoms with Crippen LogP contribution < -0.4 is 0 Å². The fourth-order valence-corrected chi connectivity index (χ4v) is 3.15. The molecule has 1 aromatic heterocycles. The van der Waals surface area contributed by atoms with Gasteiger partial charge in [-0.25, -0.2) is 4.39 Å². The molecule has 6 heteroatoms. The molecule has 2 aromatic rings. The molecule has 5 nitrogen and oxygen atoms in total. The van der Waals surface area contributed by atoms with Crippen LogP contribution in [0.25, 0.3) is 0 Å². The van der Waals surface area contributed by atoms with Crippen LogP contribution in [0.1, 0.15) is 22.5 Å². The van der Waals surface area contributed by atoms with Crippen molar-refractivity contribution in [3.05, 3.63) is 59.7 Å². The molecule has 0 saturated carbocycles. The summed E-state index contributed by atoms with van der Waals surface area (Å²) in [7, 11) is 1.85. The van der Waals surface area contributed by atoms with Gasteiger partial charge in [0.15, 0.2) is 0 Å². The molecule has 132 valence electrons.